The number of carboxylic acids is 1. The lowest BCUT2D eigenvalue weighted by molar-refractivity contribution is -0.192. The average molecular weight is 501 g/mol. The van der Waals surface area contributed by atoms with Crippen molar-refractivity contribution in [1.29, 1.82) is 0 Å². The standard InChI is InChI=1S/C19H19F2N5O2.C2HF3O2/c20-19(21)5-9(6-19)26-10-3-4-11(27)13-15(25-28-16(13)8-1-2-8)12(10)14-17(22)23-7-24-18(14)26;3-2(4,5)1(6)7/h7-9,11,27H,1-6H2,(H2,22,23,24);(H,6,7). The Labute approximate surface area is 193 Å². The molecule has 3 aliphatic carbocycles. The second kappa shape index (κ2) is 7.86. The number of anilines is 1. The number of aliphatic hydroxyl groups is 1. The Kier molecular flexibility index (Phi) is 5.27. The van der Waals surface area contributed by atoms with Crippen LogP contribution in [0.5, 0.6) is 0 Å². The quantitative estimate of drug-likeness (QED) is 0.446. The summed E-state index contributed by atoms with van der Waals surface area (Å²) in [6.07, 6.45) is -1.86. The van der Waals surface area contributed by atoms with E-state index in [0.717, 1.165) is 29.9 Å². The van der Waals surface area contributed by atoms with E-state index in [1.54, 1.807) is 0 Å². The molecule has 0 amide bonds. The molecule has 35 heavy (non-hydrogen) atoms. The van der Waals surface area contributed by atoms with Gasteiger partial charge in [0.25, 0.3) is 5.92 Å². The molecule has 3 aromatic heterocycles. The minimum atomic E-state index is -5.08. The van der Waals surface area contributed by atoms with Gasteiger partial charge in [0.05, 0.1) is 17.1 Å². The van der Waals surface area contributed by atoms with Crippen molar-refractivity contribution >= 4 is 22.8 Å². The van der Waals surface area contributed by atoms with Crippen molar-refractivity contribution in [3.63, 3.8) is 0 Å². The van der Waals surface area contributed by atoms with Gasteiger partial charge in [-0.05, 0) is 25.7 Å². The number of nitrogens with two attached hydrogens (primary N) is 1. The van der Waals surface area contributed by atoms with Crippen molar-refractivity contribution in [3.05, 3.63) is 23.3 Å². The van der Waals surface area contributed by atoms with Gasteiger partial charge in [0.15, 0.2) is 0 Å². The number of carboxylic acid groups (broad SMARTS) is 1. The van der Waals surface area contributed by atoms with E-state index >= 15 is 0 Å². The third-order valence-corrected chi connectivity index (χ3v) is 6.52. The minimum Gasteiger partial charge on any atom is -0.475 e. The van der Waals surface area contributed by atoms with E-state index in [1.807, 2.05) is 4.57 Å². The topological polar surface area (TPSA) is 140 Å². The lowest BCUT2D eigenvalue weighted by atomic mass is 9.87. The predicted octanol–water partition coefficient (Wildman–Crippen LogP) is 4.13. The highest BCUT2D eigenvalue weighted by Crippen LogP contribution is 2.53. The van der Waals surface area contributed by atoms with Gasteiger partial charge in [-0.25, -0.2) is 23.5 Å². The maximum atomic E-state index is 13.6. The van der Waals surface area contributed by atoms with Crippen molar-refractivity contribution in [1.82, 2.24) is 19.7 Å². The zero-order valence-electron chi connectivity index (χ0n) is 18.0. The van der Waals surface area contributed by atoms with Gasteiger partial charge in [0.1, 0.15) is 29.2 Å². The molecule has 9 nitrogen and oxygen atoms in total. The normalized spacial score (nSPS) is 21.4. The van der Waals surface area contributed by atoms with Crippen molar-refractivity contribution in [2.75, 3.05) is 5.73 Å². The van der Waals surface area contributed by atoms with Crippen LogP contribution in [0.3, 0.4) is 0 Å². The molecule has 1 atom stereocenters. The number of nitrogens with zero attached hydrogens (tertiary/aromatic N) is 4. The summed E-state index contributed by atoms with van der Waals surface area (Å²) < 4.78 is 66.5. The van der Waals surface area contributed by atoms with Crippen molar-refractivity contribution in [3.8, 4) is 11.3 Å². The van der Waals surface area contributed by atoms with Crippen molar-refractivity contribution in [2.24, 2.45) is 0 Å². The Hall–Kier alpha value is -3.29. The number of hydrogen-bond acceptors (Lipinski definition) is 7. The molecule has 188 valence electrons. The lowest BCUT2D eigenvalue weighted by Gasteiger charge is -2.37. The first kappa shape index (κ1) is 23.5. The zero-order chi connectivity index (χ0) is 25.3. The molecule has 3 aliphatic rings. The summed E-state index contributed by atoms with van der Waals surface area (Å²) in [6, 6.07) is -0.357. The second-order valence-electron chi connectivity index (χ2n) is 9.01. The molecule has 3 aromatic rings. The van der Waals surface area contributed by atoms with E-state index < -0.39 is 24.2 Å². The Morgan fingerprint density at radius 1 is 1.20 bits per heavy atom. The highest BCUT2D eigenvalue weighted by atomic mass is 19.4. The van der Waals surface area contributed by atoms with Gasteiger partial charge in [-0.1, -0.05) is 5.16 Å². The molecule has 3 heterocycles. The summed E-state index contributed by atoms with van der Waals surface area (Å²) in [5, 5.41) is 22.8. The first-order chi connectivity index (χ1) is 16.4. The molecule has 4 N–H and O–H groups in total. The van der Waals surface area contributed by atoms with Crippen LogP contribution in [0.15, 0.2) is 10.9 Å². The first-order valence-corrected chi connectivity index (χ1v) is 10.9. The van der Waals surface area contributed by atoms with E-state index in [4.69, 9.17) is 20.2 Å². The van der Waals surface area contributed by atoms with E-state index in [9.17, 15) is 27.1 Å². The number of hydrogen-bond donors (Lipinski definition) is 3. The second-order valence-corrected chi connectivity index (χ2v) is 9.01. The maximum Gasteiger partial charge on any atom is 0.490 e. The molecular formula is C21H20F5N5O4. The summed E-state index contributed by atoms with van der Waals surface area (Å²) in [6.45, 7) is 0. The minimum absolute atomic E-state index is 0.228. The molecular weight excluding hydrogens is 481 g/mol. The van der Waals surface area contributed by atoms with Gasteiger partial charge >= 0.3 is 12.1 Å². The monoisotopic (exact) mass is 501 g/mol. The number of carbonyl (C=O) groups is 1. The number of alkyl halides is 5. The molecule has 0 spiro atoms. The van der Waals surface area contributed by atoms with Gasteiger partial charge in [-0.2, -0.15) is 13.2 Å². The SMILES string of the molecule is Nc1ncnc2c1c1c(n2C2CC(F)(F)C2)CCC(O)c2c-1noc2C1CC1.O=C(O)C(F)(F)F. The molecule has 0 bridgehead atoms. The highest BCUT2D eigenvalue weighted by Gasteiger charge is 2.48. The largest absolute Gasteiger partial charge is 0.490 e. The fraction of sp³-hybridized carbons (Fsp3) is 0.524. The van der Waals surface area contributed by atoms with E-state index in [0.29, 0.717) is 41.1 Å². The molecule has 1 unspecified atom stereocenters. The molecule has 2 fully saturated rings. The molecule has 0 aliphatic heterocycles. The Morgan fingerprint density at radius 2 is 1.86 bits per heavy atom. The number of aliphatic hydroxyl groups excluding tert-OH is 1. The molecule has 0 saturated heterocycles. The average Bonchev–Trinajstić information content (AvgIpc) is 3.43. The van der Waals surface area contributed by atoms with Crippen LogP contribution >= 0.6 is 0 Å². The Balaban J connectivity index is 0.000000320. The molecule has 0 aromatic carbocycles. The summed E-state index contributed by atoms with van der Waals surface area (Å²) in [5.74, 6) is -4.10. The van der Waals surface area contributed by atoms with Crippen LogP contribution in [0, 0.1) is 0 Å². The number of rotatable bonds is 2. The third-order valence-electron chi connectivity index (χ3n) is 6.52. The predicted molar refractivity (Wildman–Crippen MR) is 110 cm³/mol. The smallest absolute Gasteiger partial charge is 0.475 e. The first-order valence-electron chi connectivity index (χ1n) is 10.9. The van der Waals surface area contributed by atoms with E-state index in [2.05, 4.69) is 15.1 Å². The van der Waals surface area contributed by atoms with Gasteiger partial charge in [0, 0.05) is 36.1 Å². The van der Waals surface area contributed by atoms with E-state index in [-0.39, 0.29) is 24.7 Å². The molecule has 6 rings (SSSR count). The van der Waals surface area contributed by atoms with Crippen LogP contribution in [-0.4, -0.2) is 48.0 Å². The molecule has 2 saturated carbocycles. The summed E-state index contributed by atoms with van der Waals surface area (Å²) >= 11 is 0. The van der Waals surface area contributed by atoms with Crippen LogP contribution < -0.4 is 5.73 Å². The van der Waals surface area contributed by atoms with Crippen molar-refractivity contribution in [2.45, 2.75) is 68.7 Å². The summed E-state index contributed by atoms with van der Waals surface area (Å²) in [5.41, 5.74) is 9.57. The van der Waals surface area contributed by atoms with Crippen molar-refractivity contribution < 1.29 is 41.5 Å². The highest BCUT2D eigenvalue weighted by molar-refractivity contribution is 6.02. The van der Waals surface area contributed by atoms with Crippen LogP contribution in [0.25, 0.3) is 22.3 Å². The number of nitrogen functional groups attached to an aromatic ring is 1. The van der Waals surface area contributed by atoms with Gasteiger partial charge in [-0.3, -0.25) is 0 Å². The fourth-order valence-corrected chi connectivity index (χ4v) is 4.78. The van der Waals surface area contributed by atoms with Crippen LogP contribution in [0.2, 0.25) is 0 Å². The number of aliphatic carboxylic acids is 1. The van der Waals surface area contributed by atoms with Gasteiger partial charge < -0.3 is 25.0 Å². The van der Waals surface area contributed by atoms with Crippen LogP contribution in [-0.2, 0) is 11.2 Å². The van der Waals surface area contributed by atoms with E-state index in [1.165, 1.54) is 6.33 Å². The Morgan fingerprint density at radius 3 is 2.43 bits per heavy atom. The van der Waals surface area contributed by atoms with Gasteiger partial charge in [-0.15, -0.1) is 0 Å². The third kappa shape index (κ3) is 3.98. The zero-order valence-corrected chi connectivity index (χ0v) is 18.0. The molecule has 14 heteroatoms. The summed E-state index contributed by atoms with van der Waals surface area (Å²) in [4.78, 5) is 17.4. The number of fused-ring (bicyclic) bond motifs is 5. The number of aromatic nitrogens is 4. The number of halogens is 5. The Bertz CT molecular complexity index is 1310. The molecule has 0 radical (unpaired) electrons. The maximum absolute atomic E-state index is 13.6. The van der Waals surface area contributed by atoms with Gasteiger partial charge in [0.2, 0.25) is 0 Å². The lowest BCUT2D eigenvalue weighted by Crippen LogP contribution is -2.37. The summed E-state index contributed by atoms with van der Waals surface area (Å²) in [7, 11) is 0. The fourth-order valence-electron chi connectivity index (χ4n) is 4.78. The van der Waals surface area contributed by atoms with Crippen LogP contribution in [0.4, 0.5) is 27.8 Å². The van der Waals surface area contributed by atoms with Crippen LogP contribution in [0.1, 0.15) is 67.2 Å².